The molecular weight excluding hydrogens is 378 g/mol. The molecule has 140 valence electrons. The number of halogens is 1. The highest BCUT2D eigenvalue weighted by atomic mass is 35.5. The molecule has 0 radical (unpaired) electrons. The number of carbonyl (C=O) groups is 2. The summed E-state index contributed by atoms with van der Waals surface area (Å²) in [5.74, 6) is -0.473. The van der Waals surface area contributed by atoms with E-state index >= 15 is 0 Å². The maximum absolute atomic E-state index is 13.2. The van der Waals surface area contributed by atoms with Crippen molar-refractivity contribution in [2.24, 2.45) is 0 Å². The van der Waals surface area contributed by atoms with Crippen molar-refractivity contribution < 1.29 is 19.3 Å². The highest BCUT2D eigenvalue weighted by Crippen LogP contribution is 2.31. The van der Waals surface area contributed by atoms with Crippen LogP contribution in [0.2, 0.25) is 5.02 Å². The molecule has 1 aliphatic rings. The standard InChI is InChI=1S/C21H16ClN3O3/c22-14-4-6-15(7-5-14)23-21(28)20-18-3-1-2-12-24(18)13-19(27)25(20)16-8-10-17(26)11-9-16/h1-12,20H,13H2,(H-,23,26,28)/p+1. The third-order valence-electron chi connectivity index (χ3n) is 4.58. The SMILES string of the molecule is O=C(Nc1ccc(Cl)cc1)C1c2cccc[n+]2CC(=O)N1c1ccc(O)cc1. The van der Waals surface area contributed by atoms with Crippen LogP contribution in [0.4, 0.5) is 11.4 Å². The molecule has 6 nitrogen and oxygen atoms in total. The van der Waals surface area contributed by atoms with Gasteiger partial charge in [-0.3, -0.25) is 14.5 Å². The van der Waals surface area contributed by atoms with Crippen LogP contribution in [0.1, 0.15) is 11.7 Å². The number of fused-ring (bicyclic) bond motifs is 1. The van der Waals surface area contributed by atoms with E-state index in [1.54, 1.807) is 47.2 Å². The van der Waals surface area contributed by atoms with E-state index in [1.165, 1.54) is 17.0 Å². The molecule has 1 atom stereocenters. The van der Waals surface area contributed by atoms with Gasteiger partial charge in [-0.15, -0.1) is 0 Å². The van der Waals surface area contributed by atoms with Crippen molar-refractivity contribution in [2.75, 3.05) is 10.2 Å². The van der Waals surface area contributed by atoms with E-state index < -0.39 is 6.04 Å². The predicted molar refractivity (Wildman–Crippen MR) is 105 cm³/mol. The van der Waals surface area contributed by atoms with Crippen LogP contribution in [-0.4, -0.2) is 16.9 Å². The molecule has 1 aliphatic heterocycles. The largest absolute Gasteiger partial charge is 0.508 e. The van der Waals surface area contributed by atoms with Gasteiger partial charge in [0.1, 0.15) is 5.75 Å². The summed E-state index contributed by atoms with van der Waals surface area (Å²) in [5, 5.41) is 13.0. The van der Waals surface area contributed by atoms with Crippen LogP contribution >= 0.6 is 11.6 Å². The molecule has 2 aromatic carbocycles. The Kier molecular flexibility index (Phi) is 4.71. The number of benzene rings is 2. The van der Waals surface area contributed by atoms with Gasteiger partial charge in [-0.25, -0.2) is 0 Å². The molecule has 0 aliphatic carbocycles. The van der Waals surface area contributed by atoms with E-state index in [1.807, 2.05) is 18.2 Å². The van der Waals surface area contributed by atoms with E-state index in [2.05, 4.69) is 5.32 Å². The molecule has 4 rings (SSSR count). The van der Waals surface area contributed by atoms with Crippen molar-refractivity contribution in [2.45, 2.75) is 12.6 Å². The minimum absolute atomic E-state index is 0.0881. The molecule has 2 amide bonds. The fourth-order valence-corrected chi connectivity index (χ4v) is 3.41. The lowest BCUT2D eigenvalue weighted by atomic mass is 10.0. The molecule has 0 saturated carbocycles. The average molecular weight is 395 g/mol. The number of hydrogen-bond donors (Lipinski definition) is 2. The first-order valence-corrected chi connectivity index (χ1v) is 9.06. The Balaban J connectivity index is 1.75. The molecule has 3 aromatic rings. The number of carbonyl (C=O) groups excluding carboxylic acids is 2. The summed E-state index contributed by atoms with van der Waals surface area (Å²) in [7, 11) is 0. The number of aromatic nitrogens is 1. The zero-order valence-electron chi connectivity index (χ0n) is 14.7. The van der Waals surface area contributed by atoms with E-state index in [0.29, 0.717) is 22.1 Å². The van der Waals surface area contributed by atoms with E-state index in [9.17, 15) is 14.7 Å². The second-order valence-electron chi connectivity index (χ2n) is 6.43. The summed E-state index contributed by atoms with van der Waals surface area (Å²) in [4.78, 5) is 27.6. The summed E-state index contributed by atoms with van der Waals surface area (Å²) in [6, 6.07) is 17.6. The van der Waals surface area contributed by atoms with Crippen LogP contribution in [0.15, 0.2) is 72.9 Å². The Bertz CT molecular complexity index is 1040. The Morgan fingerprint density at radius 3 is 2.50 bits per heavy atom. The lowest BCUT2D eigenvalue weighted by Gasteiger charge is -2.32. The fraction of sp³-hybridized carbons (Fsp3) is 0.0952. The first-order valence-electron chi connectivity index (χ1n) is 8.69. The zero-order chi connectivity index (χ0) is 19.7. The molecule has 1 aromatic heterocycles. The Morgan fingerprint density at radius 2 is 1.79 bits per heavy atom. The van der Waals surface area contributed by atoms with Crippen LogP contribution in [-0.2, 0) is 16.1 Å². The molecule has 28 heavy (non-hydrogen) atoms. The van der Waals surface area contributed by atoms with Crippen molar-refractivity contribution in [3.05, 3.63) is 83.6 Å². The number of amides is 2. The number of nitrogens with one attached hydrogen (secondary N) is 1. The number of phenolic OH excluding ortho intramolecular Hbond substituents is 1. The van der Waals surface area contributed by atoms with Crippen molar-refractivity contribution in [1.29, 1.82) is 0 Å². The van der Waals surface area contributed by atoms with Gasteiger partial charge in [0.05, 0.1) is 0 Å². The second-order valence-corrected chi connectivity index (χ2v) is 6.87. The van der Waals surface area contributed by atoms with Crippen molar-refractivity contribution in [1.82, 2.24) is 0 Å². The molecule has 7 heteroatoms. The molecular formula is C21H17ClN3O3+. The van der Waals surface area contributed by atoms with Crippen LogP contribution in [0.3, 0.4) is 0 Å². The number of phenols is 1. The lowest BCUT2D eigenvalue weighted by Crippen LogP contribution is -2.58. The summed E-state index contributed by atoms with van der Waals surface area (Å²) in [6.07, 6.45) is 1.78. The van der Waals surface area contributed by atoms with E-state index in [4.69, 9.17) is 11.6 Å². The quantitative estimate of drug-likeness (QED) is 0.670. The lowest BCUT2D eigenvalue weighted by molar-refractivity contribution is -0.695. The average Bonchev–Trinajstić information content (AvgIpc) is 2.69. The van der Waals surface area contributed by atoms with Gasteiger partial charge in [-0.1, -0.05) is 17.7 Å². The maximum Gasteiger partial charge on any atom is 0.294 e. The van der Waals surface area contributed by atoms with Gasteiger partial charge in [-0.05, 0) is 48.5 Å². The normalized spacial score (nSPS) is 15.8. The Labute approximate surface area is 166 Å². The van der Waals surface area contributed by atoms with Gasteiger partial charge >= 0.3 is 0 Å². The van der Waals surface area contributed by atoms with Crippen LogP contribution in [0.25, 0.3) is 0 Å². The minimum Gasteiger partial charge on any atom is -0.508 e. The molecule has 2 heterocycles. The number of hydrogen-bond acceptors (Lipinski definition) is 3. The van der Waals surface area contributed by atoms with E-state index in [0.717, 1.165) is 0 Å². The Morgan fingerprint density at radius 1 is 1.07 bits per heavy atom. The number of anilines is 2. The maximum atomic E-state index is 13.2. The summed E-state index contributed by atoms with van der Waals surface area (Å²) in [5.41, 5.74) is 1.82. The fourth-order valence-electron chi connectivity index (χ4n) is 3.28. The first-order chi connectivity index (χ1) is 13.5. The first kappa shape index (κ1) is 18.0. The number of pyridine rings is 1. The molecule has 2 N–H and O–H groups in total. The smallest absolute Gasteiger partial charge is 0.294 e. The molecule has 0 fully saturated rings. The monoisotopic (exact) mass is 394 g/mol. The van der Waals surface area contributed by atoms with Crippen LogP contribution < -0.4 is 14.8 Å². The zero-order valence-corrected chi connectivity index (χ0v) is 15.5. The van der Waals surface area contributed by atoms with Gasteiger partial charge in [0, 0.05) is 28.5 Å². The van der Waals surface area contributed by atoms with Crippen molar-refractivity contribution >= 4 is 34.8 Å². The number of nitrogens with zero attached hydrogens (tertiary/aromatic N) is 2. The molecule has 0 bridgehead atoms. The topological polar surface area (TPSA) is 73.5 Å². The predicted octanol–water partition coefficient (Wildman–Crippen LogP) is 3.06. The highest BCUT2D eigenvalue weighted by molar-refractivity contribution is 6.30. The van der Waals surface area contributed by atoms with Crippen molar-refractivity contribution in [3.8, 4) is 5.75 Å². The van der Waals surface area contributed by atoms with Gasteiger partial charge in [0.25, 0.3) is 11.8 Å². The summed E-state index contributed by atoms with van der Waals surface area (Å²) < 4.78 is 1.77. The highest BCUT2D eigenvalue weighted by Gasteiger charge is 2.43. The minimum atomic E-state index is -0.859. The molecule has 1 unspecified atom stereocenters. The molecule has 0 saturated heterocycles. The third-order valence-corrected chi connectivity index (χ3v) is 4.83. The van der Waals surface area contributed by atoms with Crippen LogP contribution in [0, 0.1) is 0 Å². The van der Waals surface area contributed by atoms with Crippen molar-refractivity contribution in [3.63, 3.8) is 0 Å². The summed E-state index contributed by atoms with van der Waals surface area (Å²) in [6.45, 7) is 0.127. The van der Waals surface area contributed by atoms with Gasteiger partial charge < -0.3 is 10.4 Å². The molecule has 0 spiro atoms. The van der Waals surface area contributed by atoms with Gasteiger partial charge in [-0.2, -0.15) is 4.57 Å². The number of aromatic hydroxyl groups is 1. The van der Waals surface area contributed by atoms with Gasteiger partial charge in [0.15, 0.2) is 6.20 Å². The van der Waals surface area contributed by atoms with E-state index in [-0.39, 0.29) is 24.1 Å². The number of rotatable bonds is 3. The summed E-state index contributed by atoms with van der Waals surface area (Å²) >= 11 is 5.91. The van der Waals surface area contributed by atoms with Crippen LogP contribution in [0.5, 0.6) is 5.75 Å². The third kappa shape index (κ3) is 3.42. The Hall–Kier alpha value is -3.38. The second kappa shape index (κ2) is 7.32. The van der Waals surface area contributed by atoms with Gasteiger partial charge in [0.2, 0.25) is 18.3 Å².